The topological polar surface area (TPSA) is 48.1 Å². The first kappa shape index (κ1) is 18.6. The first-order valence-corrected chi connectivity index (χ1v) is 10.1. The third-order valence-electron chi connectivity index (χ3n) is 5.52. The number of nitrogens with zero attached hydrogens (tertiary/aromatic N) is 3. The minimum absolute atomic E-state index is 0.0247. The van der Waals surface area contributed by atoms with Crippen LogP contribution in [0.4, 0.5) is 16.2 Å². The van der Waals surface area contributed by atoms with Crippen LogP contribution in [-0.2, 0) is 0 Å². The van der Waals surface area contributed by atoms with Gasteiger partial charge >= 0.3 is 6.03 Å². The van der Waals surface area contributed by atoms with Gasteiger partial charge < -0.3 is 19.9 Å². The van der Waals surface area contributed by atoms with Gasteiger partial charge in [0.15, 0.2) is 0 Å². The van der Waals surface area contributed by atoms with Crippen LogP contribution >= 0.6 is 0 Å². The number of para-hydroxylation sites is 1. The summed E-state index contributed by atoms with van der Waals surface area (Å²) < 4.78 is 5.43. The Balaban J connectivity index is 1.21. The van der Waals surface area contributed by atoms with Gasteiger partial charge in [-0.3, -0.25) is 4.90 Å². The van der Waals surface area contributed by atoms with Gasteiger partial charge in [0.05, 0.1) is 6.61 Å². The Kier molecular flexibility index (Phi) is 5.67. The molecule has 2 fully saturated rings. The highest BCUT2D eigenvalue weighted by atomic mass is 16.5. The van der Waals surface area contributed by atoms with E-state index < -0.39 is 0 Å². The van der Waals surface area contributed by atoms with Gasteiger partial charge in [0.1, 0.15) is 5.75 Å². The van der Waals surface area contributed by atoms with Crippen molar-refractivity contribution in [3.63, 3.8) is 0 Å². The van der Waals surface area contributed by atoms with E-state index in [0.29, 0.717) is 12.6 Å². The van der Waals surface area contributed by atoms with Crippen LogP contribution in [-0.4, -0.2) is 67.7 Å². The Morgan fingerprint density at radius 1 is 1.00 bits per heavy atom. The molecular weight excluding hydrogens is 352 g/mol. The average molecular weight is 380 g/mol. The number of benzene rings is 2. The quantitative estimate of drug-likeness (QED) is 0.866. The molecule has 6 nitrogen and oxygen atoms in total. The van der Waals surface area contributed by atoms with Crippen LogP contribution in [0, 0.1) is 0 Å². The molecule has 148 valence electrons. The molecule has 2 aromatic rings. The highest BCUT2D eigenvalue weighted by Gasteiger charge is 2.36. The van der Waals surface area contributed by atoms with Crippen LogP contribution in [0.15, 0.2) is 54.6 Å². The molecule has 2 saturated heterocycles. The standard InChI is InChI=1S/C22H28N4O2/c1-2-28-21-10-8-18(9-11-21)23-22(27)26-16-20(17-26)25-14-12-24(13-15-25)19-6-4-3-5-7-19/h3-11,20H,2,12-17H2,1H3,(H,23,27). The van der Waals surface area contributed by atoms with Gasteiger partial charge in [0.2, 0.25) is 0 Å². The fraction of sp³-hybridized carbons (Fsp3) is 0.409. The van der Waals surface area contributed by atoms with E-state index in [4.69, 9.17) is 4.74 Å². The van der Waals surface area contributed by atoms with Crippen LogP contribution in [0.5, 0.6) is 5.75 Å². The molecule has 0 aliphatic carbocycles. The SMILES string of the molecule is CCOc1ccc(NC(=O)N2CC(N3CCN(c4ccccc4)CC3)C2)cc1. The second kappa shape index (κ2) is 8.52. The molecule has 0 saturated carbocycles. The van der Waals surface area contributed by atoms with E-state index in [2.05, 4.69) is 45.4 Å². The third kappa shape index (κ3) is 4.22. The van der Waals surface area contributed by atoms with Crippen molar-refractivity contribution in [1.82, 2.24) is 9.80 Å². The van der Waals surface area contributed by atoms with E-state index in [1.807, 2.05) is 36.1 Å². The Bertz CT molecular complexity index is 767. The van der Waals surface area contributed by atoms with Crippen molar-refractivity contribution >= 4 is 17.4 Å². The van der Waals surface area contributed by atoms with Gasteiger partial charge in [-0.1, -0.05) is 18.2 Å². The van der Waals surface area contributed by atoms with Crippen molar-refractivity contribution in [1.29, 1.82) is 0 Å². The summed E-state index contributed by atoms with van der Waals surface area (Å²) in [5, 5.41) is 2.97. The van der Waals surface area contributed by atoms with Crippen molar-refractivity contribution in [3.05, 3.63) is 54.6 Å². The summed E-state index contributed by atoms with van der Waals surface area (Å²) in [6, 6.07) is 18.6. The molecule has 2 aromatic carbocycles. The number of ether oxygens (including phenoxy) is 1. The second-order valence-corrected chi connectivity index (χ2v) is 7.30. The van der Waals surface area contributed by atoms with Gasteiger partial charge in [-0.2, -0.15) is 0 Å². The number of likely N-dealkylation sites (tertiary alicyclic amines) is 1. The minimum atomic E-state index is -0.0247. The van der Waals surface area contributed by atoms with Crippen LogP contribution < -0.4 is 15.0 Å². The molecule has 2 heterocycles. The normalized spacial score (nSPS) is 17.9. The van der Waals surface area contributed by atoms with Gasteiger partial charge in [0, 0.05) is 56.7 Å². The number of hydrogen-bond donors (Lipinski definition) is 1. The number of carbonyl (C=O) groups is 1. The number of rotatable bonds is 5. The number of nitrogens with one attached hydrogen (secondary N) is 1. The lowest BCUT2D eigenvalue weighted by molar-refractivity contribution is 0.0578. The molecule has 28 heavy (non-hydrogen) atoms. The smallest absolute Gasteiger partial charge is 0.321 e. The van der Waals surface area contributed by atoms with Gasteiger partial charge in [-0.25, -0.2) is 4.79 Å². The predicted octanol–water partition coefficient (Wildman–Crippen LogP) is 3.12. The van der Waals surface area contributed by atoms with Crippen molar-refractivity contribution in [2.75, 3.05) is 56.1 Å². The van der Waals surface area contributed by atoms with Crippen LogP contribution in [0.25, 0.3) is 0 Å². The van der Waals surface area contributed by atoms with Crippen molar-refractivity contribution in [2.45, 2.75) is 13.0 Å². The summed E-state index contributed by atoms with van der Waals surface area (Å²) >= 11 is 0. The molecule has 0 radical (unpaired) electrons. The molecule has 0 atom stereocenters. The van der Waals surface area contributed by atoms with Crippen molar-refractivity contribution in [2.24, 2.45) is 0 Å². The lowest BCUT2D eigenvalue weighted by Gasteiger charge is -2.48. The number of amides is 2. The fourth-order valence-electron chi connectivity index (χ4n) is 3.84. The zero-order valence-corrected chi connectivity index (χ0v) is 16.4. The first-order valence-electron chi connectivity index (χ1n) is 10.1. The average Bonchev–Trinajstić information content (AvgIpc) is 2.70. The van der Waals surface area contributed by atoms with E-state index >= 15 is 0 Å². The summed E-state index contributed by atoms with van der Waals surface area (Å²) in [6.45, 7) is 8.37. The van der Waals surface area contributed by atoms with E-state index in [0.717, 1.165) is 50.7 Å². The Morgan fingerprint density at radius 3 is 2.32 bits per heavy atom. The van der Waals surface area contributed by atoms with E-state index in [-0.39, 0.29) is 6.03 Å². The molecule has 4 rings (SSSR count). The first-order chi connectivity index (χ1) is 13.7. The Labute approximate surface area is 166 Å². The number of carbonyl (C=O) groups excluding carboxylic acids is 1. The maximum atomic E-state index is 12.4. The molecule has 2 aliphatic rings. The van der Waals surface area contributed by atoms with Gasteiger partial charge in [-0.15, -0.1) is 0 Å². The molecule has 2 amide bonds. The molecule has 0 aromatic heterocycles. The highest BCUT2D eigenvalue weighted by molar-refractivity contribution is 5.90. The monoisotopic (exact) mass is 380 g/mol. The summed E-state index contributed by atoms with van der Waals surface area (Å²) in [7, 11) is 0. The molecule has 6 heteroatoms. The van der Waals surface area contributed by atoms with Crippen LogP contribution in [0.2, 0.25) is 0 Å². The number of urea groups is 1. The zero-order chi connectivity index (χ0) is 19.3. The molecule has 2 aliphatic heterocycles. The van der Waals surface area contributed by atoms with E-state index in [9.17, 15) is 4.79 Å². The molecule has 1 N–H and O–H groups in total. The Morgan fingerprint density at radius 2 is 1.68 bits per heavy atom. The second-order valence-electron chi connectivity index (χ2n) is 7.30. The largest absolute Gasteiger partial charge is 0.494 e. The van der Waals surface area contributed by atoms with Crippen molar-refractivity contribution in [3.8, 4) is 5.75 Å². The lowest BCUT2D eigenvalue weighted by atomic mass is 10.1. The predicted molar refractivity (Wildman–Crippen MR) is 112 cm³/mol. The summed E-state index contributed by atoms with van der Waals surface area (Å²) in [5.74, 6) is 0.819. The Hall–Kier alpha value is -2.73. The number of anilines is 2. The van der Waals surface area contributed by atoms with Gasteiger partial charge in [0.25, 0.3) is 0 Å². The minimum Gasteiger partial charge on any atom is -0.494 e. The summed E-state index contributed by atoms with van der Waals surface area (Å²) in [6.07, 6.45) is 0. The fourth-order valence-corrected chi connectivity index (χ4v) is 3.84. The zero-order valence-electron chi connectivity index (χ0n) is 16.4. The maximum Gasteiger partial charge on any atom is 0.321 e. The lowest BCUT2D eigenvalue weighted by Crippen LogP contribution is -2.64. The van der Waals surface area contributed by atoms with Gasteiger partial charge in [-0.05, 0) is 43.3 Å². The number of hydrogen-bond acceptors (Lipinski definition) is 4. The van der Waals surface area contributed by atoms with E-state index in [1.54, 1.807) is 0 Å². The maximum absolute atomic E-state index is 12.4. The number of piperazine rings is 1. The molecule has 0 bridgehead atoms. The molecule has 0 spiro atoms. The highest BCUT2D eigenvalue weighted by Crippen LogP contribution is 2.22. The third-order valence-corrected chi connectivity index (χ3v) is 5.52. The summed E-state index contributed by atoms with van der Waals surface area (Å²) in [5.41, 5.74) is 2.10. The van der Waals surface area contributed by atoms with Crippen molar-refractivity contribution < 1.29 is 9.53 Å². The van der Waals surface area contributed by atoms with Crippen LogP contribution in [0.3, 0.4) is 0 Å². The summed E-state index contributed by atoms with van der Waals surface area (Å²) in [4.78, 5) is 19.3. The van der Waals surface area contributed by atoms with E-state index in [1.165, 1.54) is 5.69 Å². The molecule has 0 unspecified atom stereocenters. The molecular formula is C22H28N4O2. The van der Waals surface area contributed by atoms with Crippen LogP contribution in [0.1, 0.15) is 6.92 Å².